The molecule has 0 aliphatic carbocycles. The number of hydrogen-bond acceptors (Lipinski definition) is 4. The number of rotatable bonds is 4. The number of benzene rings is 1. The molecule has 5 heteroatoms. The molecule has 0 bridgehead atoms. The van der Waals surface area contributed by atoms with Crippen LogP contribution in [0.1, 0.15) is 40.8 Å². The van der Waals surface area contributed by atoms with Gasteiger partial charge in [0.25, 0.3) is 5.91 Å². The summed E-state index contributed by atoms with van der Waals surface area (Å²) in [6.45, 7) is 2.84. The van der Waals surface area contributed by atoms with E-state index in [-0.39, 0.29) is 24.5 Å². The van der Waals surface area contributed by atoms with Crippen LogP contribution in [-0.2, 0) is 6.42 Å². The highest BCUT2D eigenvalue weighted by Gasteiger charge is 2.30. The first-order chi connectivity index (χ1) is 11.2. The Morgan fingerprint density at radius 1 is 1.35 bits per heavy atom. The summed E-state index contributed by atoms with van der Waals surface area (Å²) in [5, 5.41) is 12.2. The molecular weight excluding hydrogens is 308 g/mol. The molecule has 0 radical (unpaired) electrons. The molecule has 1 saturated heterocycles. The predicted molar refractivity (Wildman–Crippen MR) is 91.7 cm³/mol. The minimum Gasteiger partial charge on any atom is -0.396 e. The van der Waals surface area contributed by atoms with Gasteiger partial charge in [-0.2, -0.15) is 0 Å². The minimum atomic E-state index is -0.00814. The highest BCUT2D eigenvalue weighted by molar-refractivity contribution is 7.09. The van der Waals surface area contributed by atoms with Crippen LogP contribution in [0.3, 0.4) is 0 Å². The topological polar surface area (TPSA) is 53.4 Å². The van der Waals surface area contributed by atoms with Crippen molar-refractivity contribution in [3.63, 3.8) is 0 Å². The highest BCUT2D eigenvalue weighted by atomic mass is 32.1. The lowest BCUT2D eigenvalue weighted by atomic mass is 9.94. The number of aromatic nitrogens is 1. The Bertz CT molecular complexity index is 656. The molecule has 2 aromatic rings. The maximum Gasteiger partial charge on any atom is 0.273 e. The first kappa shape index (κ1) is 16.1. The Labute approximate surface area is 140 Å². The molecule has 2 unspecified atom stereocenters. The zero-order valence-electron chi connectivity index (χ0n) is 13.3. The number of carbonyl (C=O) groups excluding carboxylic acids is 1. The molecular formula is C18H22N2O2S. The summed E-state index contributed by atoms with van der Waals surface area (Å²) in [6.07, 6.45) is 2.68. The number of aliphatic hydroxyl groups is 1. The van der Waals surface area contributed by atoms with Gasteiger partial charge in [-0.3, -0.25) is 4.79 Å². The van der Waals surface area contributed by atoms with Crippen molar-refractivity contribution < 1.29 is 9.90 Å². The molecule has 2 heterocycles. The van der Waals surface area contributed by atoms with Crippen LogP contribution in [-0.4, -0.2) is 40.1 Å². The summed E-state index contributed by atoms with van der Waals surface area (Å²) in [4.78, 5) is 19.1. The number of carbonyl (C=O) groups is 1. The molecule has 4 nitrogen and oxygen atoms in total. The quantitative estimate of drug-likeness (QED) is 0.938. The molecule has 1 aliphatic heterocycles. The smallest absolute Gasteiger partial charge is 0.273 e. The van der Waals surface area contributed by atoms with E-state index in [0.29, 0.717) is 12.2 Å². The molecule has 0 spiro atoms. The SMILES string of the molecule is CC1CCC(CO)CN1C(=O)c1csc(Cc2ccccc2)n1. The van der Waals surface area contributed by atoms with Gasteiger partial charge in [0.05, 0.1) is 5.01 Å². The summed E-state index contributed by atoms with van der Waals surface area (Å²) >= 11 is 1.54. The van der Waals surface area contributed by atoms with Crippen molar-refractivity contribution in [2.45, 2.75) is 32.2 Å². The molecule has 23 heavy (non-hydrogen) atoms. The molecule has 1 N–H and O–H groups in total. The van der Waals surface area contributed by atoms with Crippen LogP contribution in [0.15, 0.2) is 35.7 Å². The number of thiazole rings is 1. The normalized spacial score (nSPS) is 21.4. The van der Waals surface area contributed by atoms with Crippen molar-refractivity contribution in [1.29, 1.82) is 0 Å². The van der Waals surface area contributed by atoms with Crippen molar-refractivity contribution in [3.8, 4) is 0 Å². The van der Waals surface area contributed by atoms with Crippen LogP contribution in [0, 0.1) is 5.92 Å². The van der Waals surface area contributed by atoms with Crippen LogP contribution >= 0.6 is 11.3 Å². The number of nitrogens with zero attached hydrogens (tertiary/aromatic N) is 2. The van der Waals surface area contributed by atoms with E-state index >= 15 is 0 Å². The second-order valence-corrected chi connectivity index (χ2v) is 7.16. The van der Waals surface area contributed by atoms with Gasteiger partial charge in [0.1, 0.15) is 5.69 Å². The molecule has 0 saturated carbocycles. The van der Waals surface area contributed by atoms with Crippen LogP contribution in [0.4, 0.5) is 0 Å². The standard InChI is InChI=1S/C18H22N2O2S/c1-13-7-8-15(11-21)10-20(13)18(22)16-12-23-17(19-16)9-14-5-3-2-4-6-14/h2-6,12-13,15,21H,7-11H2,1H3. The van der Waals surface area contributed by atoms with Gasteiger partial charge in [-0.15, -0.1) is 11.3 Å². The van der Waals surface area contributed by atoms with Gasteiger partial charge in [0.2, 0.25) is 0 Å². The zero-order chi connectivity index (χ0) is 16.2. The molecule has 1 aromatic carbocycles. The second-order valence-electron chi connectivity index (χ2n) is 6.22. The molecule has 1 aliphatic rings. The van der Waals surface area contributed by atoms with Gasteiger partial charge in [-0.25, -0.2) is 4.98 Å². The molecule has 1 amide bonds. The summed E-state index contributed by atoms with van der Waals surface area (Å²) < 4.78 is 0. The Morgan fingerprint density at radius 3 is 2.87 bits per heavy atom. The van der Waals surface area contributed by atoms with Gasteiger partial charge < -0.3 is 10.0 Å². The summed E-state index contributed by atoms with van der Waals surface area (Å²) in [5.41, 5.74) is 1.74. The van der Waals surface area contributed by atoms with Crippen molar-refractivity contribution in [2.75, 3.05) is 13.2 Å². The minimum absolute atomic E-state index is 0.00814. The lowest BCUT2D eigenvalue weighted by Crippen LogP contribution is -2.46. The Morgan fingerprint density at radius 2 is 2.13 bits per heavy atom. The van der Waals surface area contributed by atoms with E-state index in [0.717, 1.165) is 24.3 Å². The van der Waals surface area contributed by atoms with E-state index in [1.165, 1.54) is 16.9 Å². The Hall–Kier alpha value is -1.72. The number of piperidine rings is 1. The molecule has 1 fully saturated rings. The van der Waals surface area contributed by atoms with E-state index in [1.807, 2.05) is 28.5 Å². The van der Waals surface area contributed by atoms with E-state index < -0.39 is 0 Å². The number of amides is 1. The lowest BCUT2D eigenvalue weighted by Gasteiger charge is -2.37. The van der Waals surface area contributed by atoms with Gasteiger partial charge in [0, 0.05) is 31.0 Å². The second kappa shape index (κ2) is 7.23. The fraction of sp³-hybridized carbons (Fsp3) is 0.444. The van der Waals surface area contributed by atoms with Crippen LogP contribution < -0.4 is 0 Å². The molecule has 3 rings (SSSR count). The maximum atomic E-state index is 12.7. The van der Waals surface area contributed by atoms with Gasteiger partial charge in [-0.1, -0.05) is 30.3 Å². The van der Waals surface area contributed by atoms with E-state index in [4.69, 9.17) is 0 Å². The number of likely N-dealkylation sites (tertiary alicyclic amines) is 1. The highest BCUT2D eigenvalue weighted by Crippen LogP contribution is 2.24. The van der Waals surface area contributed by atoms with Crippen molar-refractivity contribution in [3.05, 3.63) is 52.0 Å². The maximum absolute atomic E-state index is 12.7. The van der Waals surface area contributed by atoms with Crippen molar-refractivity contribution in [1.82, 2.24) is 9.88 Å². The third-order valence-corrected chi connectivity index (χ3v) is 5.32. The Balaban J connectivity index is 1.70. The number of aliphatic hydroxyl groups excluding tert-OH is 1. The molecule has 1 aromatic heterocycles. The Kier molecular flexibility index (Phi) is 5.08. The lowest BCUT2D eigenvalue weighted by molar-refractivity contribution is 0.0484. The first-order valence-electron chi connectivity index (χ1n) is 8.07. The monoisotopic (exact) mass is 330 g/mol. The first-order valence-corrected chi connectivity index (χ1v) is 8.95. The average Bonchev–Trinajstić information content (AvgIpc) is 3.04. The molecule has 2 atom stereocenters. The number of hydrogen-bond donors (Lipinski definition) is 1. The zero-order valence-corrected chi connectivity index (χ0v) is 14.1. The average molecular weight is 330 g/mol. The van der Waals surface area contributed by atoms with E-state index in [9.17, 15) is 9.90 Å². The van der Waals surface area contributed by atoms with Crippen LogP contribution in [0.25, 0.3) is 0 Å². The fourth-order valence-corrected chi connectivity index (χ4v) is 3.82. The van der Waals surface area contributed by atoms with Gasteiger partial charge in [0.15, 0.2) is 0 Å². The van der Waals surface area contributed by atoms with Crippen molar-refractivity contribution in [2.24, 2.45) is 5.92 Å². The fourth-order valence-electron chi connectivity index (χ4n) is 3.02. The van der Waals surface area contributed by atoms with Crippen molar-refractivity contribution >= 4 is 17.2 Å². The summed E-state index contributed by atoms with van der Waals surface area (Å²) in [7, 11) is 0. The third kappa shape index (κ3) is 3.79. The van der Waals surface area contributed by atoms with Crippen LogP contribution in [0.2, 0.25) is 0 Å². The van der Waals surface area contributed by atoms with Gasteiger partial charge >= 0.3 is 0 Å². The van der Waals surface area contributed by atoms with E-state index in [1.54, 1.807) is 0 Å². The van der Waals surface area contributed by atoms with E-state index in [2.05, 4.69) is 24.0 Å². The third-order valence-electron chi connectivity index (χ3n) is 4.47. The van der Waals surface area contributed by atoms with Crippen LogP contribution in [0.5, 0.6) is 0 Å². The summed E-state index contributed by atoms with van der Waals surface area (Å²) in [6, 6.07) is 10.4. The van der Waals surface area contributed by atoms with Gasteiger partial charge in [-0.05, 0) is 31.2 Å². The molecule has 122 valence electrons. The summed E-state index contributed by atoms with van der Waals surface area (Å²) in [5.74, 6) is 0.184. The predicted octanol–water partition coefficient (Wildman–Crippen LogP) is 2.97. The largest absolute Gasteiger partial charge is 0.396 e.